The zero-order valence-electron chi connectivity index (χ0n) is 9.55. The summed E-state index contributed by atoms with van der Waals surface area (Å²) in [6.07, 6.45) is 6.18. The van der Waals surface area contributed by atoms with Crippen molar-refractivity contribution in [1.29, 1.82) is 0 Å². The minimum absolute atomic E-state index is 0.174. The molecule has 2 rings (SSSR count). The molecule has 0 bridgehead atoms. The molecule has 0 aromatic heterocycles. The van der Waals surface area contributed by atoms with Crippen molar-refractivity contribution in [3.63, 3.8) is 0 Å². The third-order valence-electron chi connectivity index (χ3n) is 3.93. The fourth-order valence-electron chi connectivity index (χ4n) is 2.87. The fraction of sp³-hybridized carbons (Fsp3) is 0.769. The number of halogens is 1. The van der Waals surface area contributed by atoms with Gasteiger partial charge in [0.05, 0.1) is 0 Å². The van der Waals surface area contributed by atoms with Crippen molar-refractivity contribution in [2.75, 3.05) is 0 Å². The molecule has 0 aromatic rings. The van der Waals surface area contributed by atoms with Gasteiger partial charge in [-0.05, 0) is 57.4 Å². The molecule has 0 aromatic carbocycles. The van der Waals surface area contributed by atoms with Gasteiger partial charge in [-0.3, -0.25) is 4.79 Å². The summed E-state index contributed by atoms with van der Waals surface area (Å²) in [6, 6.07) is 0. The number of hydrogen-bond donors (Lipinski definition) is 0. The molecule has 0 saturated heterocycles. The van der Waals surface area contributed by atoms with Crippen LogP contribution < -0.4 is 0 Å². The first-order valence-electron chi connectivity index (χ1n) is 5.89. The standard InChI is InChI=1S/C13H19FO/c1-13(2,14)11-5-3-10-8-12(15)6-4-9(10)7-11/h8-9,11H,3-7H2,1-2H3. The minimum Gasteiger partial charge on any atom is -0.295 e. The van der Waals surface area contributed by atoms with Crippen molar-refractivity contribution in [2.24, 2.45) is 11.8 Å². The van der Waals surface area contributed by atoms with E-state index in [9.17, 15) is 9.18 Å². The third kappa shape index (κ3) is 2.30. The normalized spacial score (nSPS) is 32.2. The Hall–Kier alpha value is -0.660. The largest absolute Gasteiger partial charge is 0.295 e. The van der Waals surface area contributed by atoms with E-state index in [2.05, 4.69) is 0 Å². The topological polar surface area (TPSA) is 17.1 Å². The lowest BCUT2D eigenvalue weighted by atomic mass is 9.69. The first-order valence-corrected chi connectivity index (χ1v) is 5.89. The molecule has 1 saturated carbocycles. The van der Waals surface area contributed by atoms with E-state index in [-0.39, 0.29) is 11.7 Å². The Kier molecular flexibility index (Phi) is 2.70. The maximum Gasteiger partial charge on any atom is 0.155 e. The highest BCUT2D eigenvalue weighted by molar-refractivity contribution is 5.91. The summed E-state index contributed by atoms with van der Waals surface area (Å²) < 4.78 is 13.8. The average molecular weight is 210 g/mol. The summed E-state index contributed by atoms with van der Waals surface area (Å²) in [5, 5.41) is 0. The van der Waals surface area contributed by atoms with Gasteiger partial charge in [0.1, 0.15) is 5.67 Å². The van der Waals surface area contributed by atoms with Crippen LogP contribution in [0.15, 0.2) is 11.6 Å². The highest BCUT2D eigenvalue weighted by atomic mass is 19.1. The van der Waals surface area contributed by atoms with Crippen LogP contribution in [0.4, 0.5) is 4.39 Å². The number of carbonyl (C=O) groups excluding carboxylic acids is 1. The number of carbonyl (C=O) groups is 1. The van der Waals surface area contributed by atoms with E-state index in [1.54, 1.807) is 13.8 Å². The molecule has 2 aliphatic rings. The molecule has 15 heavy (non-hydrogen) atoms. The predicted molar refractivity (Wildman–Crippen MR) is 58.3 cm³/mol. The van der Waals surface area contributed by atoms with E-state index < -0.39 is 5.67 Å². The molecule has 0 aliphatic heterocycles. The van der Waals surface area contributed by atoms with Gasteiger partial charge in [-0.1, -0.05) is 5.57 Å². The second-order valence-corrected chi connectivity index (χ2v) is 5.46. The Morgan fingerprint density at radius 2 is 2.07 bits per heavy atom. The summed E-state index contributed by atoms with van der Waals surface area (Å²) in [5.74, 6) is 0.920. The van der Waals surface area contributed by atoms with Crippen molar-refractivity contribution in [2.45, 2.75) is 51.6 Å². The maximum atomic E-state index is 13.8. The van der Waals surface area contributed by atoms with Gasteiger partial charge in [-0.25, -0.2) is 4.39 Å². The van der Waals surface area contributed by atoms with Crippen LogP contribution in [0.3, 0.4) is 0 Å². The molecule has 1 fully saturated rings. The van der Waals surface area contributed by atoms with Gasteiger partial charge in [0, 0.05) is 6.42 Å². The highest BCUT2D eigenvalue weighted by Gasteiger charge is 2.36. The Morgan fingerprint density at radius 1 is 1.33 bits per heavy atom. The van der Waals surface area contributed by atoms with Gasteiger partial charge in [-0.15, -0.1) is 0 Å². The number of fused-ring (bicyclic) bond motifs is 1. The van der Waals surface area contributed by atoms with E-state index in [1.807, 2.05) is 6.08 Å². The van der Waals surface area contributed by atoms with Crippen LogP contribution in [0.2, 0.25) is 0 Å². The Morgan fingerprint density at radius 3 is 2.73 bits per heavy atom. The van der Waals surface area contributed by atoms with Crippen LogP contribution in [-0.2, 0) is 4.79 Å². The molecule has 84 valence electrons. The number of alkyl halides is 1. The molecule has 0 N–H and O–H groups in total. The van der Waals surface area contributed by atoms with E-state index in [1.165, 1.54) is 5.57 Å². The smallest absolute Gasteiger partial charge is 0.155 e. The molecule has 2 atom stereocenters. The zero-order valence-corrected chi connectivity index (χ0v) is 9.55. The lowest BCUT2D eigenvalue weighted by Crippen LogP contribution is -2.33. The Balaban J connectivity index is 2.08. The maximum absolute atomic E-state index is 13.8. The molecule has 2 heteroatoms. The van der Waals surface area contributed by atoms with Gasteiger partial charge in [0.25, 0.3) is 0 Å². The van der Waals surface area contributed by atoms with Gasteiger partial charge in [0.15, 0.2) is 5.78 Å². The number of allylic oxidation sites excluding steroid dienone is 2. The van der Waals surface area contributed by atoms with Crippen LogP contribution in [0.1, 0.15) is 46.0 Å². The number of hydrogen-bond acceptors (Lipinski definition) is 1. The highest BCUT2D eigenvalue weighted by Crippen LogP contribution is 2.43. The summed E-state index contributed by atoms with van der Waals surface area (Å²) in [7, 11) is 0. The Bertz CT molecular complexity index is 298. The van der Waals surface area contributed by atoms with Crippen molar-refractivity contribution in [1.82, 2.24) is 0 Å². The molecule has 0 amide bonds. The number of ketones is 1. The Labute approximate surface area is 90.7 Å². The van der Waals surface area contributed by atoms with Crippen LogP contribution in [0.25, 0.3) is 0 Å². The van der Waals surface area contributed by atoms with Crippen LogP contribution in [0, 0.1) is 11.8 Å². The van der Waals surface area contributed by atoms with Crippen molar-refractivity contribution < 1.29 is 9.18 Å². The minimum atomic E-state index is -1.06. The third-order valence-corrected chi connectivity index (χ3v) is 3.93. The monoisotopic (exact) mass is 210 g/mol. The number of rotatable bonds is 1. The SMILES string of the molecule is CC(C)(F)C1CCC2=CC(=O)CCC2C1. The van der Waals surface area contributed by atoms with Crippen molar-refractivity contribution in [3.05, 3.63) is 11.6 Å². The predicted octanol–water partition coefficient (Wildman–Crippen LogP) is 3.44. The van der Waals surface area contributed by atoms with Crippen LogP contribution >= 0.6 is 0 Å². The van der Waals surface area contributed by atoms with Gasteiger partial charge < -0.3 is 0 Å². The van der Waals surface area contributed by atoms with E-state index in [4.69, 9.17) is 0 Å². The molecule has 0 spiro atoms. The molecule has 1 nitrogen and oxygen atoms in total. The first kappa shape index (κ1) is 10.8. The van der Waals surface area contributed by atoms with Crippen LogP contribution in [0.5, 0.6) is 0 Å². The molecule has 2 unspecified atom stereocenters. The summed E-state index contributed by atoms with van der Waals surface area (Å²) in [4.78, 5) is 11.2. The average Bonchev–Trinajstić information content (AvgIpc) is 2.15. The quantitative estimate of drug-likeness (QED) is 0.648. The summed E-state index contributed by atoms with van der Waals surface area (Å²) in [6.45, 7) is 3.36. The van der Waals surface area contributed by atoms with Crippen LogP contribution in [-0.4, -0.2) is 11.5 Å². The van der Waals surface area contributed by atoms with Gasteiger partial charge in [-0.2, -0.15) is 0 Å². The summed E-state index contributed by atoms with van der Waals surface area (Å²) in [5.41, 5.74) is 0.222. The molecular weight excluding hydrogens is 191 g/mol. The zero-order chi connectivity index (χ0) is 11.1. The van der Waals surface area contributed by atoms with E-state index in [0.717, 1.165) is 25.7 Å². The van der Waals surface area contributed by atoms with Crippen molar-refractivity contribution in [3.8, 4) is 0 Å². The second-order valence-electron chi connectivity index (χ2n) is 5.46. The van der Waals surface area contributed by atoms with Gasteiger partial charge in [0.2, 0.25) is 0 Å². The summed E-state index contributed by atoms with van der Waals surface area (Å²) >= 11 is 0. The molecular formula is C13H19FO. The van der Waals surface area contributed by atoms with E-state index in [0.29, 0.717) is 12.3 Å². The lowest BCUT2D eigenvalue weighted by molar-refractivity contribution is -0.115. The molecule has 2 aliphatic carbocycles. The molecule has 0 radical (unpaired) electrons. The first-order chi connectivity index (χ1) is 6.97. The second kappa shape index (κ2) is 3.73. The van der Waals surface area contributed by atoms with Gasteiger partial charge >= 0.3 is 0 Å². The lowest BCUT2D eigenvalue weighted by Gasteiger charge is -2.38. The molecule has 0 heterocycles. The van der Waals surface area contributed by atoms with Crippen molar-refractivity contribution >= 4 is 5.78 Å². The van der Waals surface area contributed by atoms with E-state index >= 15 is 0 Å². The fourth-order valence-corrected chi connectivity index (χ4v) is 2.87.